The predicted molar refractivity (Wildman–Crippen MR) is 50.7 cm³/mol. The number of pyridine rings is 1. The summed E-state index contributed by atoms with van der Waals surface area (Å²) in [6.07, 6.45) is 3.59. The number of hydrogen-bond acceptors (Lipinski definition) is 3. The lowest BCUT2D eigenvalue weighted by Crippen LogP contribution is -2.02. The van der Waals surface area contributed by atoms with Crippen LogP contribution in [0.15, 0.2) is 23.5 Å². The van der Waals surface area contributed by atoms with E-state index in [0.717, 1.165) is 11.5 Å². The van der Waals surface area contributed by atoms with Crippen LogP contribution in [-0.2, 0) is 11.3 Å². The Balaban J connectivity index is 2.38. The van der Waals surface area contributed by atoms with Crippen LogP contribution >= 0.6 is 0 Å². The van der Waals surface area contributed by atoms with Gasteiger partial charge in [0.05, 0.1) is 5.56 Å². The summed E-state index contributed by atoms with van der Waals surface area (Å²) in [5.74, 6) is 0.734. The molecule has 0 bridgehead atoms. The molecular formula is C10H12N2O. The fourth-order valence-corrected chi connectivity index (χ4v) is 1.31. The summed E-state index contributed by atoms with van der Waals surface area (Å²) >= 11 is 0. The molecule has 13 heavy (non-hydrogen) atoms. The van der Waals surface area contributed by atoms with Crippen LogP contribution in [0.1, 0.15) is 25.0 Å². The second kappa shape index (κ2) is 3.17. The van der Waals surface area contributed by atoms with Crippen molar-refractivity contribution in [3.05, 3.63) is 29.6 Å². The molecule has 0 aliphatic carbocycles. The molecule has 2 heterocycles. The standard InChI is InChI=1S/C10H12N2O/c1-7(2)12-10-9-5-11-4-3-8(9)6-13-10/h3-5,7H,6H2,1-2H3. The largest absolute Gasteiger partial charge is 0.473 e. The van der Waals surface area contributed by atoms with E-state index in [-0.39, 0.29) is 6.04 Å². The van der Waals surface area contributed by atoms with Crippen LogP contribution in [0.4, 0.5) is 0 Å². The van der Waals surface area contributed by atoms with Crippen LogP contribution in [0, 0.1) is 0 Å². The van der Waals surface area contributed by atoms with Crippen molar-refractivity contribution in [1.82, 2.24) is 4.98 Å². The number of fused-ring (bicyclic) bond motifs is 1. The third-order valence-electron chi connectivity index (χ3n) is 1.88. The molecule has 0 aromatic carbocycles. The molecule has 2 rings (SSSR count). The summed E-state index contributed by atoms with van der Waals surface area (Å²) in [5, 5.41) is 0. The van der Waals surface area contributed by atoms with Crippen LogP contribution in [0.5, 0.6) is 0 Å². The number of nitrogens with zero attached hydrogens (tertiary/aromatic N) is 2. The van der Waals surface area contributed by atoms with Crippen LogP contribution in [-0.4, -0.2) is 16.9 Å². The van der Waals surface area contributed by atoms with Crippen molar-refractivity contribution in [3.63, 3.8) is 0 Å². The molecule has 1 aromatic heterocycles. The minimum Gasteiger partial charge on any atom is -0.473 e. The van der Waals surface area contributed by atoms with E-state index >= 15 is 0 Å². The molecule has 3 heteroatoms. The summed E-state index contributed by atoms with van der Waals surface area (Å²) in [6.45, 7) is 4.69. The Morgan fingerprint density at radius 1 is 1.54 bits per heavy atom. The van der Waals surface area contributed by atoms with Crippen LogP contribution in [0.25, 0.3) is 0 Å². The van der Waals surface area contributed by atoms with Gasteiger partial charge in [0.25, 0.3) is 0 Å². The third kappa shape index (κ3) is 1.54. The van der Waals surface area contributed by atoms with Crippen LogP contribution < -0.4 is 0 Å². The van der Waals surface area contributed by atoms with E-state index in [0.29, 0.717) is 6.61 Å². The Hall–Kier alpha value is -1.38. The summed E-state index contributed by atoms with van der Waals surface area (Å²) in [7, 11) is 0. The van der Waals surface area contributed by atoms with Gasteiger partial charge in [0, 0.05) is 24.0 Å². The van der Waals surface area contributed by atoms with Crippen molar-refractivity contribution in [1.29, 1.82) is 0 Å². The zero-order chi connectivity index (χ0) is 9.26. The Labute approximate surface area is 77.5 Å². The van der Waals surface area contributed by atoms with Crippen molar-refractivity contribution in [2.75, 3.05) is 0 Å². The predicted octanol–water partition coefficient (Wildman–Crippen LogP) is 1.77. The molecule has 1 aliphatic rings. The number of hydrogen-bond donors (Lipinski definition) is 0. The van der Waals surface area contributed by atoms with Gasteiger partial charge in [0.15, 0.2) is 0 Å². The molecule has 0 N–H and O–H groups in total. The van der Waals surface area contributed by atoms with Gasteiger partial charge in [0.1, 0.15) is 6.61 Å². The fourth-order valence-electron chi connectivity index (χ4n) is 1.31. The molecule has 0 fully saturated rings. The molecule has 0 spiro atoms. The first kappa shape index (κ1) is 8.23. The van der Waals surface area contributed by atoms with E-state index in [2.05, 4.69) is 9.98 Å². The van der Waals surface area contributed by atoms with E-state index in [1.807, 2.05) is 26.1 Å². The van der Waals surface area contributed by atoms with Gasteiger partial charge in [-0.3, -0.25) is 4.98 Å². The lowest BCUT2D eigenvalue weighted by Gasteiger charge is -2.00. The maximum absolute atomic E-state index is 5.44. The highest BCUT2D eigenvalue weighted by molar-refractivity contribution is 5.97. The van der Waals surface area contributed by atoms with Gasteiger partial charge in [-0.25, -0.2) is 4.99 Å². The molecule has 3 nitrogen and oxygen atoms in total. The average Bonchev–Trinajstić information content (AvgIpc) is 2.48. The average molecular weight is 176 g/mol. The summed E-state index contributed by atoms with van der Waals surface area (Å²) in [5.41, 5.74) is 2.21. The Morgan fingerprint density at radius 2 is 2.38 bits per heavy atom. The minimum absolute atomic E-state index is 0.265. The van der Waals surface area contributed by atoms with E-state index in [4.69, 9.17) is 4.74 Å². The van der Waals surface area contributed by atoms with E-state index in [1.165, 1.54) is 5.56 Å². The minimum atomic E-state index is 0.265. The molecule has 68 valence electrons. The second-order valence-corrected chi connectivity index (χ2v) is 3.35. The highest BCUT2D eigenvalue weighted by Gasteiger charge is 2.18. The fraction of sp³-hybridized carbons (Fsp3) is 0.400. The Bertz CT molecular complexity index is 345. The van der Waals surface area contributed by atoms with Gasteiger partial charge in [-0.1, -0.05) is 0 Å². The molecule has 0 unspecified atom stereocenters. The van der Waals surface area contributed by atoms with Crippen molar-refractivity contribution < 1.29 is 4.74 Å². The molecule has 0 radical (unpaired) electrons. The molecule has 0 atom stereocenters. The Kier molecular flexibility index (Phi) is 2.00. The van der Waals surface area contributed by atoms with Crippen molar-refractivity contribution in [3.8, 4) is 0 Å². The van der Waals surface area contributed by atoms with Gasteiger partial charge >= 0.3 is 0 Å². The van der Waals surface area contributed by atoms with Gasteiger partial charge in [0.2, 0.25) is 5.90 Å². The normalized spacial score (nSPS) is 17.6. The van der Waals surface area contributed by atoms with Gasteiger partial charge in [-0.15, -0.1) is 0 Å². The maximum Gasteiger partial charge on any atom is 0.218 e. The summed E-state index contributed by atoms with van der Waals surface area (Å²) in [4.78, 5) is 8.43. The van der Waals surface area contributed by atoms with E-state index in [9.17, 15) is 0 Å². The molecule has 0 saturated heterocycles. The molecular weight excluding hydrogens is 164 g/mol. The van der Waals surface area contributed by atoms with Crippen molar-refractivity contribution in [2.45, 2.75) is 26.5 Å². The smallest absolute Gasteiger partial charge is 0.218 e. The SMILES string of the molecule is CC(C)N=C1OCc2ccncc21. The highest BCUT2D eigenvalue weighted by Crippen LogP contribution is 2.19. The third-order valence-corrected chi connectivity index (χ3v) is 1.88. The topological polar surface area (TPSA) is 34.5 Å². The number of aliphatic imine (C=N–C) groups is 1. The second-order valence-electron chi connectivity index (χ2n) is 3.35. The number of aromatic nitrogens is 1. The van der Waals surface area contributed by atoms with E-state index < -0.39 is 0 Å². The zero-order valence-corrected chi connectivity index (χ0v) is 7.82. The van der Waals surface area contributed by atoms with Gasteiger partial charge < -0.3 is 4.74 Å². The lowest BCUT2D eigenvalue weighted by molar-refractivity contribution is 0.310. The first-order valence-electron chi connectivity index (χ1n) is 4.41. The molecule has 1 aromatic rings. The van der Waals surface area contributed by atoms with Crippen molar-refractivity contribution >= 4 is 5.90 Å². The summed E-state index contributed by atoms with van der Waals surface area (Å²) in [6, 6.07) is 2.24. The zero-order valence-electron chi connectivity index (χ0n) is 7.82. The highest BCUT2D eigenvalue weighted by atomic mass is 16.5. The summed E-state index contributed by atoms with van der Waals surface area (Å²) < 4.78 is 5.44. The first-order valence-corrected chi connectivity index (χ1v) is 4.41. The molecule has 0 amide bonds. The van der Waals surface area contributed by atoms with Crippen molar-refractivity contribution in [2.24, 2.45) is 4.99 Å². The molecule has 1 aliphatic heterocycles. The van der Waals surface area contributed by atoms with Crippen LogP contribution in [0.3, 0.4) is 0 Å². The maximum atomic E-state index is 5.44. The first-order chi connectivity index (χ1) is 6.27. The van der Waals surface area contributed by atoms with Crippen LogP contribution in [0.2, 0.25) is 0 Å². The monoisotopic (exact) mass is 176 g/mol. The Morgan fingerprint density at radius 3 is 3.15 bits per heavy atom. The van der Waals surface area contributed by atoms with E-state index in [1.54, 1.807) is 6.20 Å². The lowest BCUT2D eigenvalue weighted by atomic mass is 10.2. The van der Waals surface area contributed by atoms with Gasteiger partial charge in [-0.2, -0.15) is 0 Å². The number of ether oxygens (including phenoxy) is 1. The quantitative estimate of drug-likeness (QED) is 0.653. The number of rotatable bonds is 1. The van der Waals surface area contributed by atoms with Gasteiger partial charge in [-0.05, 0) is 19.9 Å². The molecule has 0 saturated carbocycles.